The number of amidine groups is 1. The van der Waals surface area contributed by atoms with Crippen LogP contribution in [-0.2, 0) is 14.8 Å². The van der Waals surface area contributed by atoms with Gasteiger partial charge in [0.15, 0.2) is 4.34 Å². The summed E-state index contributed by atoms with van der Waals surface area (Å²) < 4.78 is 41.3. The number of amides is 1. The number of rotatable bonds is 7. The van der Waals surface area contributed by atoms with Gasteiger partial charge in [0.2, 0.25) is 5.91 Å². The molecule has 3 aromatic rings. The molecular formula is C21H19FN4O3S3. The van der Waals surface area contributed by atoms with Crippen molar-refractivity contribution >= 4 is 50.6 Å². The van der Waals surface area contributed by atoms with Gasteiger partial charge in [0.25, 0.3) is 10.0 Å². The Morgan fingerprint density at radius 2 is 2.00 bits per heavy atom. The van der Waals surface area contributed by atoms with Crippen LogP contribution in [0.1, 0.15) is 12.8 Å². The van der Waals surface area contributed by atoms with E-state index in [1.807, 2.05) is 5.38 Å². The number of sulfonamides is 1. The van der Waals surface area contributed by atoms with Crippen LogP contribution >= 0.6 is 23.1 Å². The molecule has 2 N–H and O–H groups in total. The largest absolute Gasteiger partial charge is 0.325 e. The molecule has 7 nitrogen and oxygen atoms in total. The van der Waals surface area contributed by atoms with Gasteiger partial charge in [-0.15, -0.1) is 11.3 Å². The first-order valence-corrected chi connectivity index (χ1v) is 13.0. The highest BCUT2D eigenvalue weighted by atomic mass is 32.2. The summed E-state index contributed by atoms with van der Waals surface area (Å²) in [5, 5.41) is 4.57. The minimum absolute atomic E-state index is 0.0569. The third-order valence-electron chi connectivity index (χ3n) is 4.50. The fourth-order valence-electron chi connectivity index (χ4n) is 2.98. The van der Waals surface area contributed by atoms with E-state index in [1.165, 1.54) is 47.4 Å². The Morgan fingerprint density at radius 1 is 1.19 bits per heavy atom. The summed E-state index contributed by atoms with van der Waals surface area (Å²) in [4.78, 5) is 21.0. The first kappa shape index (κ1) is 22.4. The minimum Gasteiger partial charge on any atom is -0.325 e. The van der Waals surface area contributed by atoms with E-state index in [4.69, 9.17) is 0 Å². The molecule has 0 fully saturated rings. The maximum absolute atomic E-state index is 13.1. The van der Waals surface area contributed by atoms with Crippen LogP contribution in [0.2, 0.25) is 0 Å². The van der Waals surface area contributed by atoms with Crippen LogP contribution in [0.4, 0.5) is 10.1 Å². The molecule has 1 aliphatic rings. The van der Waals surface area contributed by atoms with Crippen molar-refractivity contribution in [1.29, 1.82) is 0 Å². The molecule has 166 valence electrons. The van der Waals surface area contributed by atoms with Crippen LogP contribution in [0.15, 0.2) is 68.1 Å². The van der Waals surface area contributed by atoms with Gasteiger partial charge in [-0.3, -0.25) is 14.5 Å². The second kappa shape index (κ2) is 9.80. The maximum Gasteiger partial charge on any atom is 0.262 e. The van der Waals surface area contributed by atoms with E-state index in [-0.39, 0.29) is 22.4 Å². The Balaban J connectivity index is 1.34. The van der Waals surface area contributed by atoms with Gasteiger partial charge < -0.3 is 5.32 Å². The summed E-state index contributed by atoms with van der Waals surface area (Å²) >= 11 is 2.67. The zero-order valence-electron chi connectivity index (χ0n) is 16.7. The fraction of sp³-hybridized carbons (Fsp3) is 0.190. The molecule has 4 rings (SSSR count). The molecular weight excluding hydrogens is 471 g/mol. The van der Waals surface area contributed by atoms with E-state index >= 15 is 0 Å². The van der Waals surface area contributed by atoms with Crippen LogP contribution in [0, 0.1) is 5.82 Å². The quantitative estimate of drug-likeness (QED) is 0.485. The highest BCUT2D eigenvalue weighted by Crippen LogP contribution is 2.28. The summed E-state index contributed by atoms with van der Waals surface area (Å²) in [7, 11) is -3.75. The zero-order valence-corrected chi connectivity index (χ0v) is 19.2. The Morgan fingerprint density at radius 3 is 2.75 bits per heavy atom. The first-order valence-electron chi connectivity index (χ1n) is 9.69. The van der Waals surface area contributed by atoms with Gasteiger partial charge in [0.05, 0.1) is 16.3 Å². The highest BCUT2D eigenvalue weighted by Gasteiger charge is 2.19. The summed E-state index contributed by atoms with van der Waals surface area (Å²) in [6.07, 6.45) is 1.43. The molecule has 11 heteroatoms. The number of halogens is 1. The number of hydrogen-bond donors (Lipinski definition) is 2. The smallest absolute Gasteiger partial charge is 0.262 e. The summed E-state index contributed by atoms with van der Waals surface area (Å²) in [6, 6.07) is 12.1. The van der Waals surface area contributed by atoms with Crippen molar-refractivity contribution in [3.8, 4) is 11.3 Å². The average molecular weight is 491 g/mol. The molecule has 32 heavy (non-hydrogen) atoms. The van der Waals surface area contributed by atoms with E-state index in [9.17, 15) is 17.6 Å². The molecule has 1 amide bonds. The van der Waals surface area contributed by atoms with Gasteiger partial charge in [-0.05, 0) is 48.9 Å². The van der Waals surface area contributed by atoms with Crippen molar-refractivity contribution in [2.24, 2.45) is 4.99 Å². The second-order valence-electron chi connectivity index (χ2n) is 6.91. The van der Waals surface area contributed by atoms with Crippen LogP contribution < -0.4 is 10.0 Å². The minimum atomic E-state index is -3.75. The molecule has 2 heterocycles. The number of carbonyl (C=O) groups excluding carboxylic acids is 1. The lowest BCUT2D eigenvalue weighted by Gasteiger charge is -2.10. The van der Waals surface area contributed by atoms with Gasteiger partial charge in [-0.2, -0.15) is 0 Å². The fourth-order valence-corrected chi connectivity index (χ4v) is 5.75. The number of aliphatic imine (C=N–C) groups is 1. The zero-order chi connectivity index (χ0) is 22.6. The lowest BCUT2D eigenvalue weighted by Crippen LogP contribution is -2.29. The van der Waals surface area contributed by atoms with Crippen molar-refractivity contribution in [3.63, 3.8) is 0 Å². The first-order chi connectivity index (χ1) is 15.4. The second-order valence-corrected chi connectivity index (χ2v) is 10.7. The topological polar surface area (TPSA) is 101 Å². The van der Waals surface area contributed by atoms with Gasteiger partial charge in [-0.1, -0.05) is 17.8 Å². The van der Waals surface area contributed by atoms with Crippen LogP contribution in [0.25, 0.3) is 11.3 Å². The molecule has 1 aromatic heterocycles. The predicted molar refractivity (Wildman–Crippen MR) is 125 cm³/mol. The molecule has 0 saturated carbocycles. The maximum atomic E-state index is 13.1. The number of thiazole rings is 1. The molecule has 0 bridgehead atoms. The molecule has 0 aliphatic carbocycles. The third-order valence-corrected chi connectivity index (χ3v) is 7.90. The number of aromatic nitrogens is 1. The van der Waals surface area contributed by atoms with Gasteiger partial charge in [-0.25, -0.2) is 17.8 Å². The molecule has 0 atom stereocenters. The van der Waals surface area contributed by atoms with E-state index in [0.717, 1.165) is 17.7 Å². The van der Waals surface area contributed by atoms with E-state index < -0.39 is 10.0 Å². The van der Waals surface area contributed by atoms with E-state index in [2.05, 4.69) is 20.0 Å². The molecule has 0 unspecified atom stereocenters. The van der Waals surface area contributed by atoms with E-state index in [1.54, 1.807) is 24.3 Å². The number of thioether (sulfide) groups is 1. The standard InChI is InChI=1S/C21H19FN4O3S3/c22-15-8-6-14(7-9-15)18-12-30-21(25-18)31-13-20(27)24-16-3-1-4-17(11-16)32(28,29)26-19-5-2-10-23-19/h1,3-4,6-9,11-12H,2,5,10,13H2,(H,23,26)(H,24,27). The van der Waals surface area contributed by atoms with Gasteiger partial charge >= 0.3 is 0 Å². The predicted octanol–water partition coefficient (Wildman–Crippen LogP) is 4.15. The van der Waals surface area contributed by atoms with Crippen molar-refractivity contribution in [3.05, 3.63) is 59.7 Å². The lowest BCUT2D eigenvalue weighted by molar-refractivity contribution is -0.113. The molecule has 0 radical (unpaired) electrons. The number of anilines is 1. The highest BCUT2D eigenvalue weighted by molar-refractivity contribution is 8.01. The van der Waals surface area contributed by atoms with Crippen LogP contribution in [-0.4, -0.2) is 37.4 Å². The molecule has 1 aliphatic heterocycles. The molecule has 0 saturated heterocycles. The Kier molecular flexibility index (Phi) is 6.87. The summed E-state index contributed by atoms with van der Waals surface area (Å²) in [5.41, 5.74) is 1.90. The Bertz CT molecular complexity index is 1260. The number of nitrogens with zero attached hydrogens (tertiary/aromatic N) is 2. The summed E-state index contributed by atoms with van der Waals surface area (Å²) in [5.74, 6) is -0.0201. The van der Waals surface area contributed by atoms with Crippen molar-refractivity contribution in [2.45, 2.75) is 22.1 Å². The number of benzene rings is 2. The van der Waals surface area contributed by atoms with Crippen molar-refractivity contribution in [2.75, 3.05) is 17.6 Å². The summed E-state index contributed by atoms with van der Waals surface area (Å²) in [6.45, 7) is 0.621. The Hall–Kier alpha value is -2.76. The van der Waals surface area contributed by atoms with E-state index in [0.29, 0.717) is 28.8 Å². The molecule has 0 spiro atoms. The van der Waals surface area contributed by atoms with Crippen LogP contribution in [0.3, 0.4) is 0 Å². The number of hydrogen-bond acceptors (Lipinski definition) is 7. The van der Waals surface area contributed by atoms with Crippen LogP contribution in [0.5, 0.6) is 0 Å². The SMILES string of the molecule is O=C(CSc1nc(-c2ccc(F)cc2)cs1)Nc1cccc(S(=O)(=O)NC2=NCCC2)c1. The number of carbonyl (C=O) groups is 1. The average Bonchev–Trinajstić information content (AvgIpc) is 3.45. The third kappa shape index (κ3) is 5.72. The van der Waals surface area contributed by atoms with Gasteiger partial charge in [0.1, 0.15) is 11.7 Å². The van der Waals surface area contributed by atoms with Gasteiger partial charge in [0, 0.05) is 29.6 Å². The van der Waals surface area contributed by atoms with Crippen molar-refractivity contribution in [1.82, 2.24) is 9.71 Å². The number of nitrogens with one attached hydrogen (secondary N) is 2. The normalized spacial score (nSPS) is 13.6. The molecule has 2 aromatic carbocycles. The lowest BCUT2D eigenvalue weighted by atomic mass is 10.2. The Labute approximate surface area is 193 Å². The monoisotopic (exact) mass is 490 g/mol. The van der Waals surface area contributed by atoms with Crippen molar-refractivity contribution < 1.29 is 17.6 Å².